The normalized spacial score (nSPS) is 12.7. The van der Waals surface area contributed by atoms with Crippen LogP contribution in [0.25, 0.3) is 0 Å². The van der Waals surface area contributed by atoms with E-state index < -0.39 is 29.9 Å². The molecule has 0 aliphatic carbocycles. The molecule has 6 nitrogen and oxygen atoms in total. The highest BCUT2D eigenvalue weighted by atomic mass is 19.1. The zero-order valence-electron chi connectivity index (χ0n) is 14.9. The van der Waals surface area contributed by atoms with E-state index in [1.54, 1.807) is 37.3 Å². The highest BCUT2D eigenvalue weighted by molar-refractivity contribution is 5.82. The highest BCUT2D eigenvalue weighted by Crippen LogP contribution is 2.18. The lowest BCUT2D eigenvalue weighted by atomic mass is 10.2. The van der Waals surface area contributed by atoms with Crippen molar-refractivity contribution in [3.8, 4) is 5.75 Å². The Morgan fingerprint density at radius 2 is 1.78 bits per heavy atom. The molecule has 2 N–H and O–H groups in total. The molecule has 144 valence electrons. The summed E-state index contributed by atoms with van der Waals surface area (Å²) < 4.78 is 24.0. The summed E-state index contributed by atoms with van der Waals surface area (Å²) in [7, 11) is 0. The van der Waals surface area contributed by atoms with E-state index in [1.807, 2.05) is 6.07 Å². The number of ether oxygens (including phenoxy) is 2. The van der Waals surface area contributed by atoms with Crippen LogP contribution in [0.1, 0.15) is 18.9 Å². The zero-order chi connectivity index (χ0) is 19.6. The van der Waals surface area contributed by atoms with Gasteiger partial charge in [-0.05, 0) is 24.1 Å². The summed E-state index contributed by atoms with van der Waals surface area (Å²) in [5, 5.41) is 12.3. The van der Waals surface area contributed by atoms with Gasteiger partial charge in [-0.3, -0.25) is 4.79 Å². The first-order valence-electron chi connectivity index (χ1n) is 8.58. The predicted octanol–water partition coefficient (Wildman–Crippen LogP) is 2.20. The van der Waals surface area contributed by atoms with Gasteiger partial charge in [0.05, 0.1) is 6.54 Å². The van der Waals surface area contributed by atoms with Crippen LogP contribution < -0.4 is 10.1 Å². The number of hydrogen-bond acceptors (Lipinski definition) is 5. The summed E-state index contributed by atoms with van der Waals surface area (Å²) in [6.07, 6.45) is -2.17. The molecular formula is C20H22FNO5. The van der Waals surface area contributed by atoms with Crippen molar-refractivity contribution in [2.75, 3.05) is 6.54 Å². The third-order valence-electron chi connectivity index (χ3n) is 3.73. The van der Waals surface area contributed by atoms with E-state index in [-0.39, 0.29) is 25.3 Å². The molecule has 0 aliphatic rings. The van der Waals surface area contributed by atoms with Crippen molar-refractivity contribution in [2.45, 2.75) is 32.2 Å². The standard InChI is InChI=1S/C20H22FNO5/c1-2-17(27-18-11-7-6-10-15(18)21)19(24)22-12-16(23)20(25)26-13-14-8-4-3-5-9-14/h3-11,16-17,23H,2,12-13H2,1H3,(H,22,24)/t16-,17+/m0/s1. The lowest BCUT2D eigenvalue weighted by Crippen LogP contribution is -2.43. The number of rotatable bonds is 9. The van der Waals surface area contributed by atoms with Crippen molar-refractivity contribution in [3.63, 3.8) is 0 Å². The van der Waals surface area contributed by atoms with E-state index in [0.717, 1.165) is 5.56 Å². The lowest BCUT2D eigenvalue weighted by molar-refractivity contribution is -0.154. The molecule has 0 unspecified atom stereocenters. The topological polar surface area (TPSA) is 84.9 Å². The SMILES string of the molecule is CC[C@@H](Oc1ccccc1F)C(=O)NC[C@H](O)C(=O)OCc1ccccc1. The molecule has 0 fully saturated rings. The number of nitrogens with one attached hydrogen (secondary N) is 1. The molecule has 27 heavy (non-hydrogen) atoms. The van der Waals surface area contributed by atoms with Gasteiger partial charge in [0.1, 0.15) is 6.61 Å². The van der Waals surface area contributed by atoms with Crippen molar-refractivity contribution >= 4 is 11.9 Å². The van der Waals surface area contributed by atoms with Crippen molar-refractivity contribution in [3.05, 3.63) is 66.0 Å². The van der Waals surface area contributed by atoms with Crippen LogP contribution in [0.3, 0.4) is 0 Å². The smallest absolute Gasteiger partial charge is 0.337 e. The second-order valence-corrected chi connectivity index (χ2v) is 5.80. The molecule has 2 atom stereocenters. The number of carbonyl (C=O) groups is 2. The minimum Gasteiger partial charge on any atom is -0.478 e. The van der Waals surface area contributed by atoms with Crippen molar-refractivity contribution in [1.29, 1.82) is 0 Å². The molecule has 0 saturated heterocycles. The second kappa shape index (κ2) is 10.3. The Bertz CT molecular complexity index is 753. The van der Waals surface area contributed by atoms with E-state index in [2.05, 4.69) is 5.32 Å². The van der Waals surface area contributed by atoms with Gasteiger partial charge >= 0.3 is 5.97 Å². The third kappa shape index (κ3) is 6.38. The van der Waals surface area contributed by atoms with Crippen LogP contribution in [0.15, 0.2) is 54.6 Å². The van der Waals surface area contributed by atoms with Crippen molar-refractivity contribution in [1.82, 2.24) is 5.32 Å². The summed E-state index contributed by atoms with van der Waals surface area (Å²) in [5.74, 6) is -2.02. The third-order valence-corrected chi connectivity index (χ3v) is 3.73. The number of carbonyl (C=O) groups excluding carboxylic acids is 2. The molecule has 2 aromatic rings. The summed E-state index contributed by atoms with van der Waals surface area (Å²) in [5.41, 5.74) is 0.784. The molecule has 0 saturated carbocycles. The van der Waals surface area contributed by atoms with Gasteiger partial charge in [0.25, 0.3) is 5.91 Å². The van der Waals surface area contributed by atoms with Crippen LogP contribution in [-0.4, -0.2) is 35.7 Å². The predicted molar refractivity (Wildman–Crippen MR) is 96.4 cm³/mol. The van der Waals surface area contributed by atoms with Gasteiger partial charge in [0.15, 0.2) is 23.8 Å². The second-order valence-electron chi connectivity index (χ2n) is 5.80. The average Bonchev–Trinajstić information content (AvgIpc) is 2.70. The quantitative estimate of drug-likeness (QED) is 0.657. The Morgan fingerprint density at radius 1 is 1.11 bits per heavy atom. The van der Waals surface area contributed by atoms with Gasteiger partial charge in [0, 0.05) is 0 Å². The van der Waals surface area contributed by atoms with Gasteiger partial charge in [-0.15, -0.1) is 0 Å². The number of aliphatic hydroxyl groups is 1. The first-order valence-corrected chi connectivity index (χ1v) is 8.58. The van der Waals surface area contributed by atoms with Crippen LogP contribution in [0.4, 0.5) is 4.39 Å². The van der Waals surface area contributed by atoms with E-state index >= 15 is 0 Å². The van der Waals surface area contributed by atoms with Crippen molar-refractivity contribution in [2.24, 2.45) is 0 Å². The first-order chi connectivity index (χ1) is 13.0. The Labute approximate surface area is 156 Å². The van der Waals surface area contributed by atoms with Crippen molar-refractivity contribution < 1.29 is 28.6 Å². The summed E-state index contributed by atoms with van der Waals surface area (Å²) >= 11 is 0. The number of hydrogen-bond donors (Lipinski definition) is 2. The van der Waals surface area contributed by atoms with Gasteiger partial charge in [0.2, 0.25) is 0 Å². The fourth-order valence-electron chi connectivity index (χ4n) is 2.24. The van der Waals surface area contributed by atoms with Crippen LogP contribution >= 0.6 is 0 Å². The molecule has 0 bridgehead atoms. The summed E-state index contributed by atoms with van der Waals surface area (Å²) in [6, 6.07) is 14.8. The highest BCUT2D eigenvalue weighted by Gasteiger charge is 2.23. The van der Waals surface area contributed by atoms with Gasteiger partial charge in [-0.25, -0.2) is 9.18 Å². The molecule has 1 amide bonds. The number of halogens is 1. The molecular weight excluding hydrogens is 353 g/mol. The molecule has 0 aliphatic heterocycles. The maximum atomic E-state index is 13.6. The van der Waals surface area contributed by atoms with E-state index in [1.165, 1.54) is 18.2 Å². The number of amides is 1. The van der Waals surface area contributed by atoms with E-state index in [0.29, 0.717) is 0 Å². The molecule has 0 heterocycles. The average molecular weight is 375 g/mol. The molecule has 7 heteroatoms. The minimum atomic E-state index is -1.51. The van der Waals surface area contributed by atoms with Crippen LogP contribution in [0, 0.1) is 5.82 Å². The monoisotopic (exact) mass is 375 g/mol. The number of benzene rings is 2. The van der Waals surface area contributed by atoms with E-state index in [4.69, 9.17) is 9.47 Å². The van der Waals surface area contributed by atoms with Crippen LogP contribution in [-0.2, 0) is 20.9 Å². The number of esters is 1. The first kappa shape index (κ1) is 20.4. The maximum absolute atomic E-state index is 13.6. The summed E-state index contributed by atoms with van der Waals surface area (Å²) in [6.45, 7) is 1.40. The summed E-state index contributed by atoms with van der Waals surface area (Å²) in [4.78, 5) is 24.0. The Balaban J connectivity index is 1.80. The Kier molecular flexibility index (Phi) is 7.76. The minimum absolute atomic E-state index is 0.0264. The largest absolute Gasteiger partial charge is 0.478 e. The number of para-hydroxylation sites is 1. The van der Waals surface area contributed by atoms with Gasteiger partial charge in [-0.1, -0.05) is 49.4 Å². The Morgan fingerprint density at radius 3 is 2.44 bits per heavy atom. The molecule has 2 aromatic carbocycles. The van der Waals surface area contributed by atoms with E-state index in [9.17, 15) is 19.1 Å². The zero-order valence-corrected chi connectivity index (χ0v) is 14.9. The fraction of sp³-hybridized carbons (Fsp3) is 0.300. The molecule has 0 aromatic heterocycles. The van der Waals surface area contributed by atoms with Gasteiger partial charge in [-0.2, -0.15) is 0 Å². The van der Waals surface area contributed by atoms with Crippen LogP contribution in [0.5, 0.6) is 5.75 Å². The molecule has 0 radical (unpaired) electrons. The molecule has 0 spiro atoms. The molecule has 2 rings (SSSR count). The van der Waals surface area contributed by atoms with Gasteiger partial charge < -0.3 is 19.9 Å². The fourth-order valence-corrected chi connectivity index (χ4v) is 2.24. The van der Waals surface area contributed by atoms with Crippen LogP contribution in [0.2, 0.25) is 0 Å². The number of aliphatic hydroxyl groups excluding tert-OH is 1. The Hall–Kier alpha value is -2.93. The lowest BCUT2D eigenvalue weighted by Gasteiger charge is -2.18. The maximum Gasteiger partial charge on any atom is 0.337 e.